The number of carbonyl (C=O) groups is 2. The van der Waals surface area contributed by atoms with E-state index in [0.717, 1.165) is 0 Å². The Morgan fingerprint density at radius 2 is 2.06 bits per heavy atom. The summed E-state index contributed by atoms with van der Waals surface area (Å²) in [5.74, 6) is -1.06. The highest BCUT2D eigenvalue weighted by Gasteiger charge is 2.41. The van der Waals surface area contributed by atoms with E-state index >= 15 is 0 Å². The molecule has 16 heavy (non-hydrogen) atoms. The van der Waals surface area contributed by atoms with Crippen molar-refractivity contribution >= 4 is 11.8 Å². The van der Waals surface area contributed by atoms with Crippen LogP contribution in [0.2, 0.25) is 0 Å². The van der Waals surface area contributed by atoms with Crippen molar-refractivity contribution in [3.8, 4) is 6.07 Å². The highest BCUT2D eigenvalue weighted by Crippen LogP contribution is 2.29. The molecule has 0 saturated carbocycles. The molecule has 0 aromatic rings. The Kier molecular flexibility index (Phi) is 3.85. The molecule has 2 amide bonds. The Morgan fingerprint density at radius 1 is 1.50 bits per heavy atom. The molecule has 1 rings (SSSR count). The molecule has 0 aliphatic carbocycles. The zero-order chi connectivity index (χ0) is 12.2. The van der Waals surface area contributed by atoms with Gasteiger partial charge < -0.3 is 15.8 Å². The number of amides is 2. The number of hydrogen-bond donors (Lipinski definition) is 2. The summed E-state index contributed by atoms with van der Waals surface area (Å²) < 4.78 is 5.11. The van der Waals surface area contributed by atoms with Crippen molar-refractivity contribution in [2.75, 3.05) is 13.2 Å². The number of nitrogens with zero attached hydrogens (tertiary/aromatic N) is 1. The molecule has 0 aromatic carbocycles. The van der Waals surface area contributed by atoms with E-state index in [1.165, 1.54) is 6.92 Å². The van der Waals surface area contributed by atoms with Crippen molar-refractivity contribution in [1.82, 2.24) is 5.32 Å². The van der Waals surface area contributed by atoms with E-state index in [4.69, 9.17) is 15.7 Å². The van der Waals surface area contributed by atoms with Crippen LogP contribution in [0.4, 0.5) is 0 Å². The predicted molar refractivity (Wildman–Crippen MR) is 54.9 cm³/mol. The van der Waals surface area contributed by atoms with Gasteiger partial charge in [-0.05, 0) is 19.8 Å². The summed E-state index contributed by atoms with van der Waals surface area (Å²) in [4.78, 5) is 22.7. The number of primary amides is 1. The summed E-state index contributed by atoms with van der Waals surface area (Å²) in [6.07, 6.45) is 0.696. The summed E-state index contributed by atoms with van der Waals surface area (Å²) in [5.41, 5.74) is 3.96. The summed E-state index contributed by atoms with van der Waals surface area (Å²) >= 11 is 0. The third-order valence-corrected chi connectivity index (χ3v) is 2.77. The lowest BCUT2D eigenvalue weighted by atomic mass is 9.80. The molecule has 3 N–H and O–H groups in total. The number of hydrogen-bond acceptors (Lipinski definition) is 4. The Morgan fingerprint density at radius 3 is 2.50 bits per heavy atom. The molecule has 6 nitrogen and oxygen atoms in total. The Bertz CT molecular complexity index is 329. The second kappa shape index (κ2) is 4.94. The highest BCUT2D eigenvalue weighted by molar-refractivity contribution is 5.90. The van der Waals surface area contributed by atoms with Gasteiger partial charge in [-0.25, -0.2) is 0 Å². The van der Waals surface area contributed by atoms with Crippen LogP contribution in [-0.2, 0) is 14.3 Å². The average molecular weight is 225 g/mol. The zero-order valence-corrected chi connectivity index (χ0v) is 9.16. The van der Waals surface area contributed by atoms with Gasteiger partial charge in [0, 0.05) is 13.2 Å². The third kappa shape index (κ3) is 2.49. The van der Waals surface area contributed by atoms with E-state index in [9.17, 15) is 9.59 Å². The Labute approximate surface area is 93.7 Å². The van der Waals surface area contributed by atoms with Gasteiger partial charge in [-0.15, -0.1) is 0 Å². The van der Waals surface area contributed by atoms with Gasteiger partial charge in [0.2, 0.25) is 11.8 Å². The fraction of sp³-hybridized carbons (Fsp3) is 0.700. The van der Waals surface area contributed by atoms with Gasteiger partial charge in [-0.3, -0.25) is 9.59 Å². The number of ether oxygens (including phenoxy) is 1. The molecule has 0 aromatic heterocycles. The first-order valence-electron chi connectivity index (χ1n) is 5.11. The van der Waals surface area contributed by atoms with Gasteiger partial charge in [0.1, 0.15) is 11.5 Å². The van der Waals surface area contributed by atoms with Gasteiger partial charge in [-0.2, -0.15) is 5.26 Å². The molecule has 1 saturated heterocycles. The molecule has 6 heteroatoms. The molecule has 1 atom stereocenters. The van der Waals surface area contributed by atoms with Crippen molar-refractivity contribution in [1.29, 1.82) is 5.26 Å². The van der Waals surface area contributed by atoms with E-state index in [1.807, 2.05) is 6.07 Å². The minimum atomic E-state index is -1.08. The van der Waals surface area contributed by atoms with Gasteiger partial charge >= 0.3 is 0 Å². The van der Waals surface area contributed by atoms with Crippen LogP contribution in [0.15, 0.2) is 0 Å². The van der Waals surface area contributed by atoms with Gasteiger partial charge in [0.15, 0.2) is 0 Å². The second-order valence-electron chi connectivity index (χ2n) is 3.90. The largest absolute Gasteiger partial charge is 0.381 e. The predicted octanol–water partition coefficient (Wildman–Crippen LogP) is -0.703. The molecule has 0 radical (unpaired) electrons. The summed E-state index contributed by atoms with van der Waals surface area (Å²) in [5, 5.41) is 11.5. The highest BCUT2D eigenvalue weighted by atomic mass is 16.5. The molecular formula is C10H15N3O3. The minimum Gasteiger partial charge on any atom is -0.381 e. The Hall–Kier alpha value is -1.61. The lowest BCUT2D eigenvalue weighted by Crippen LogP contribution is -2.50. The average Bonchev–Trinajstić information content (AvgIpc) is 2.29. The quantitative estimate of drug-likeness (QED) is 0.662. The molecule has 88 valence electrons. The normalized spacial score (nSPS) is 20.5. The fourth-order valence-corrected chi connectivity index (χ4v) is 1.52. The fourth-order valence-electron chi connectivity index (χ4n) is 1.52. The maximum absolute atomic E-state index is 11.9. The van der Waals surface area contributed by atoms with Crippen molar-refractivity contribution in [2.45, 2.75) is 25.8 Å². The topological polar surface area (TPSA) is 105 Å². The Balaban J connectivity index is 2.70. The number of nitriles is 1. The monoisotopic (exact) mass is 225 g/mol. The van der Waals surface area contributed by atoms with Gasteiger partial charge in [-0.1, -0.05) is 0 Å². The van der Waals surface area contributed by atoms with Gasteiger partial charge in [0.25, 0.3) is 0 Å². The van der Waals surface area contributed by atoms with Crippen LogP contribution in [0, 0.1) is 16.7 Å². The number of nitrogens with two attached hydrogens (primary N) is 1. The van der Waals surface area contributed by atoms with Crippen molar-refractivity contribution in [3.63, 3.8) is 0 Å². The van der Waals surface area contributed by atoms with Crippen LogP contribution in [0.1, 0.15) is 19.8 Å². The molecular weight excluding hydrogens is 210 g/mol. The van der Waals surface area contributed by atoms with E-state index in [2.05, 4.69) is 5.32 Å². The van der Waals surface area contributed by atoms with Gasteiger partial charge in [0.05, 0.1) is 6.07 Å². The number of carbonyl (C=O) groups excluding carboxylic acids is 2. The second-order valence-corrected chi connectivity index (χ2v) is 3.90. The van der Waals surface area contributed by atoms with Crippen LogP contribution in [0.5, 0.6) is 0 Å². The first-order chi connectivity index (χ1) is 7.52. The molecule has 0 spiro atoms. The number of rotatable bonds is 3. The van der Waals surface area contributed by atoms with Crippen molar-refractivity contribution in [3.05, 3.63) is 0 Å². The number of nitrogens with one attached hydrogen (secondary N) is 1. The van der Waals surface area contributed by atoms with E-state index in [0.29, 0.717) is 26.1 Å². The molecule has 1 aliphatic heterocycles. The lowest BCUT2D eigenvalue weighted by molar-refractivity contribution is -0.135. The van der Waals surface area contributed by atoms with Crippen molar-refractivity contribution in [2.24, 2.45) is 11.1 Å². The third-order valence-electron chi connectivity index (χ3n) is 2.77. The van der Waals surface area contributed by atoms with Crippen LogP contribution in [0.3, 0.4) is 0 Å². The minimum absolute atomic E-state index is 0.348. The zero-order valence-electron chi connectivity index (χ0n) is 9.16. The summed E-state index contributed by atoms with van der Waals surface area (Å²) in [7, 11) is 0. The molecule has 1 aliphatic rings. The maximum atomic E-state index is 11.9. The molecule has 1 fully saturated rings. The first-order valence-corrected chi connectivity index (χ1v) is 5.11. The SMILES string of the molecule is CC(NC(=O)C1(C#N)CCOCC1)C(N)=O. The molecule has 1 unspecified atom stereocenters. The van der Waals surface area contributed by atoms with E-state index < -0.39 is 23.3 Å². The summed E-state index contributed by atoms with van der Waals surface area (Å²) in [6, 6.07) is 1.25. The lowest BCUT2D eigenvalue weighted by Gasteiger charge is -2.30. The molecule has 1 heterocycles. The maximum Gasteiger partial charge on any atom is 0.241 e. The smallest absolute Gasteiger partial charge is 0.241 e. The van der Waals surface area contributed by atoms with E-state index in [-0.39, 0.29) is 0 Å². The molecule has 0 bridgehead atoms. The van der Waals surface area contributed by atoms with Crippen LogP contribution in [-0.4, -0.2) is 31.1 Å². The van der Waals surface area contributed by atoms with Crippen LogP contribution in [0.25, 0.3) is 0 Å². The standard InChI is InChI=1S/C10H15N3O3/c1-7(8(12)14)13-9(15)10(6-11)2-4-16-5-3-10/h7H,2-5H2,1H3,(H2,12,14)(H,13,15). The summed E-state index contributed by atoms with van der Waals surface area (Å²) in [6.45, 7) is 2.25. The van der Waals surface area contributed by atoms with Crippen LogP contribution >= 0.6 is 0 Å². The van der Waals surface area contributed by atoms with Crippen LogP contribution < -0.4 is 11.1 Å². The van der Waals surface area contributed by atoms with Crippen molar-refractivity contribution < 1.29 is 14.3 Å². The first kappa shape index (κ1) is 12.5. The van der Waals surface area contributed by atoms with E-state index in [1.54, 1.807) is 0 Å².